The van der Waals surface area contributed by atoms with Crippen molar-refractivity contribution in [2.75, 3.05) is 39.3 Å². The Hall–Kier alpha value is -1.69. The number of nitrogens with zero attached hydrogens (tertiary/aromatic N) is 2. The van der Waals surface area contributed by atoms with E-state index in [1.54, 1.807) is 0 Å². The highest BCUT2D eigenvalue weighted by Crippen LogP contribution is 2.23. The van der Waals surface area contributed by atoms with E-state index in [1.807, 2.05) is 0 Å². The van der Waals surface area contributed by atoms with Crippen LogP contribution in [-0.2, 0) is 29.4 Å². The second-order valence-corrected chi connectivity index (χ2v) is 11.4. The Balaban J connectivity index is 2.08. The Morgan fingerprint density at radius 1 is 1.25 bits per heavy atom. The fourth-order valence-electron chi connectivity index (χ4n) is 2.62. The molecule has 0 aliphatic carbocycles. The number of esters is 1. The van der Waals surface area contributed by atoms with Crippen LogP contribution >= 0.6 is 11.6 Å². The molecule has 1 aromatic rings. The molecule has 1 aliphatic rings. The smallest absolute Gasteiger partial charge is 0.340 e. The number of sulfone groups is 1. The first-order valence-electron chi connectivity index (χ1n) is 8.20. The number of hydrogen-bond acceptors (Lipinski definition) is 7. The van der Waals surface area contributed by atoms with E-state index in [1.165, 1.54) is 38.2 Å². The molecular weight excluding hydrogens is 432 g/mol. The molecule has 1 fully saturated rings. The van der Waals surface area contributed by atoms with Crippen molar-refractivity contribution >= 4 is 43.3 Å². The molecule has 0 unspecified atom stereocenters. The summed E-state index contributed by atoms with van der Waals surface area (Å²) >= 11 is 5.96. The monoisotopic (exact) mass is 452 g/mol. The first-order chi connectivity index (χ1) is 12.8. The lowest BCUT2D eigenvalue weighted by molar-refractivity contribution is -0.134. The van der Waals surface area contributed by atoms with Crippen molar-refractivity contribution in [2.45, 2.75) is 17.4 Å². The third-order valence-corrected chi connectivity index (χ3v) is 8.30. The van der Waals surface area contributed by atoms with Gasteiger partial charge >= 0.3 is 5.97 Å². The van der Waals surface area contributed by atoms with Crippen LogP contribution in [0.15, 0.2) is 23.1 Å². The van der Waals surface area contributed by atoms with Gasteiger partial charge in [-0.2, -0.15) is 0 Å². The van der Waals surface area contributed by atoms with Gasteiger partial charge < -0.3 is 9.64 Å². The maximum absolute atomic E-state index is 12.3. The maximum atomic E-state index is 12.3. The highest BCUT2D eigenvalue weighted by molar-refractivity contribution is 7.91. The summed E-state index contributed by atoms with van der Waals surface area (Å²) in [5, 5.41) is -0.0228. The molecule has 1 amide bonds. The molecule has 1 atom stereocenters. The highest BCUT2D eigenvalue weighted by atomic mass is 35.5. The van der Waals surface area contributed by atoms with Crippen molar-refractivity contribution in [3.8, 4) is 0 Å². The van der Waals surface area contributed by atoms with Crippen LogP contribution in [0.25, 0.3) is 0 Å². The minimum atomic E-state index is -3.78. The lowest BCUT2D eigenvalue weighted by atomic mass is 10.2. The van der Waals surface area contributed by atoms with Crippen molar-refractivity contribution < 1.29 is 31.2 Å². The summed E-state index contributed by atoms with van der Waals surface area (Å²) in [6.45, 7) is -0.618. The van der Waals surface area contributed by atoms with Gasteiger partial charge in [0.1, 0.15) is 0 Å². The van der Waals surface area contributed by atoms with E-state index < -0.39 is 44.4 Å². The topological polar surface area (TPSA) is 118 Å². The standard InChI is InChI=1S/C16H21ClN2O7S2/c1-18(2)28(24,25)12-4-5-14(17)13(8-12)16(21)26-9-15(20)19(3)11-6-7-27(22,23)10-11/h4-5,8,11H,6-7,9-10H2,1-3H3/t11-/m1/s1. The van der Waals surface area contributed by atoms with Gasteiger partial charge in [-0.25, -0.2) is 25.9 Å². The minimum Gasteiger partial charge on any atom is -0.452 e. The van der Waals surface area contributed by atoms with Crippen LogP contribution in [0.5, 0.6) is 0 Å². The number of sulfonamides is 1. The van der Waals surface area contributed by atoms with Crippen LogP contribution in [0.4, 0.5) is 0 Å². The fourth-order valence-corrected chi connectivity index (χ4v) is 5.52. The molecule has 0 radical (unpaired) electrons. The molecule has 0 N–H and O–H groups in total. The Labute approximate surface area is 169 Å². The molecule has 0 bridgehead atoms. The predicted octanol–water partition coefficient (Wildman–Crippen LogP) is 0.393. The first kappa shape index (κ1) is 22.6. The normalized spacial score (nSPS) is 18.8. The first-order valence-corrected chi connectivity index (χ1v) is 11.8. The van der Waals surface area contributed by atoms with E-state index in [2.05, 4.69) is 0 Å². The van der Waals surface area contributed by atoms with E-state index in [0.29, 0.717) is 6.42 Å². The summed E-state index contributed by atoms with van der Waals surface area (Å²) in [4.78, 5) is 25.6. The molecule has 156 valence electrons. The zero-order valence-electron chi connectivity index (χ0n) is 15.6. The summed E-state index contributed by atoms with van der Waals surface area (Å²) in [6, 6.07) is 3.13. The van der Waals surface area contributed by atoms with Crippen LogP contribution < -0.4 is 0 Å². The van der Waals surface area contributed by atoms with Crippen LogP contribution in [0.3, 0.4) is 0 Å². The van der Waals surface area contributed by atoms with Gasteiger partial charge in [0.25, 0.3) is 5.91 Å². The van der Waals surface area contributed by atoms with Crippen LogP contribution in [-0.4, -0.2) is 83.2 Å². The van der Waals surface area contributed by atoms with Gasteiger partial charge in [0.15, 0.2) is 16.4 Å². The van der Waals surface area contributed by atoms with Gasteiger partial charge in [0.2, 0.25) is 10.0 Å². The van der Waals surface area contributed by atoms with Crippen LogP contribution in [0, 0.1) is 0 Å². The lowest BCUT2D eigenvalue weighted by Crippen LogP contribution is -2.40. The molecule has 0 saturated carbocycles. The van der Waals surface area contributed by atoms with E-state index in [0.717, 1.165) is 10.4 Å². The molecule has 1 aromatic carbocycles. The summed E-state index contributed by atoms with van der Waals surface area (Å²) in [5.41, 5.74) is -0.191. The third kappa shape index (κ3) is 5.02. The van der Waals surface area contributed by atoms with E-state index >= 15 is 0 Å². The number of carbonyl (C=O) groups excluding carboxylic acids is 2. The lowest BCUT2D eigenvalue weighted by Gasteiger charge is -2.23. The summed E-state index contributed by atoms with van der Waals surface area (Å²) < 4.78 is 53.4. The maximum Gasteiger partial charge on any atom is 0.340 e. The van der Waals surface area contributed by atoms with Crippen molar-refractivity contribution in [3.63, 3.8) is 0 Å². The average Bonchev–Trinajstić information content (AvgIpc) is 2.98. The number of carbonyl (C=O) groups is 2. The molecule has 12 heteroatoms. The molecule has 1 aliphatic heterocycles. The van der Waals surface area contributed by atoms with Crippen molar-refractivity contribution in [3.05, 3.63) is 28.8 Å². The second-order valence-electron chi connectivity index (χ2n) is 6.57. The molecule has 28 heavy (non-hydrogen) atoms. The van der Waals surface area contributed by atoms with Gasteiger partial charge in [-0.05, 0) is 24.6 Å². The van der Waals surface area contributed by atoms with Crippen molar-refractivity contribution in [2.24, 2.45) is 0 Å². The SMILES string of the molecule is CN(C(=O)COC(=O)c1cc(S(=O)(=O)N(C)C)ccc1Cl)[C@@H]1CCS(=O)(=O)C1. The molecule has 1 saturated heterocycles. The van der Waals surface area contributed by atoms with Gasteiger partial charge in [-0.1, -0.05) is 11.6 Å². The molecular formula is C16H21ClN2O7S2. The summed E-state index contributed by atoms with van der Waals surface area (Å²) in [7, 11) is -2.80. The van der Waals surface area contributed by atoms with Gasteiger partial charge in [0, 0.05) is 27.2 Å². The number of benzene rings is 1. The molecule has 0 aromatic heterocycles. The van der Waals surface area contributed by atoms with Gasteiger partial charge in [-0.3, -0.25) is 4.79 Å². The molecule has 0 spiro atoms. The number of hydrogen-bond donors (Lipinski definition) is 0. The largest absolute Gasteiger partial charge is 0.452 e. The predicted molar refractivity (Wildman–Crippen MR) is 102 cm³/mol. The summed E-state index contributed by atoms with van der Waals surface area (Å²) in [5.74, 6) is -1.64. The minimum absolute atomic E-state index is 0.0117. The zero-order chi connectivity index (χ0) is 21.3. The Kier molecular flexibility index (Phi) is 6.74. The average molecular weight is 453 g/mol. The Bertz CT molecular complexity index is 990. The molecule has 9 nitrogen and oxygen atoms in total. The van der Waals surface area contributed by atoms with E-state index in [4.69, 9.17) is 16.3 Å². The Morgan fingerprint density at radius 2 is 1.89 bits per heavy atom. The highest BCUT2D eigenvalue weighted by Gasteiger charge is 2.33. The molecule has 1 heterocycles. The number of likely N-dealkylation sites (N-methyl/N-ethyl adjacent to an activating group) is 1. The number of rotatable bonds is 6. The van der Waals surface area contributed by atoms with Gasteiger partial charge in [-0.15, -0.1) is 0 Å². The number of halogens is 1. The second kappa shape index (κ2) is 8.36. The Morgan fingerprint density at radius 3 is 2.43 bits per heavy atom. The van der Waals surface area contributed by atoms with Gasteiger partial charge in [0.05, 0.1) is 27.0 Å². The molecule has 2 rings (SSSR count). The third-order valence-electron chi connectivity index (χ3n) is 4.41. The number of amides is 1. The fraction of sp³-hybridized carbons (Fsp3) is 0.500. The van der Waals surface area contributed by atoms with Crippen LogP contribution in [0.2, 0.25) is 5.02 Å². The van der Waals surface area contributed by atoms with Crippen LogP contribution in [0.1, 0.15) is 16.8 Å². The van der Waals surface area contributed by atoms with E-state index in [9.17, 15) is 26.4 Å². The number of ether oxygens (including phenoxy) is 1. The van der Waals surface area contributed by atoms with Crippen molar-refractivity contribution in [1.29, 1.82) is 0 Å². The van der Waals surface area contributed by atoms with Crippen molar-refractivity contribution in [1.82, 2.24) is 9.21 Å². The summed E-state index contributed by atoms with van der Waals surface area (Å²) in [6.07, 6.45) is 0.328. The zero-order valence-corrected chi connectivity index (χ0v) is 18.0. The van der Waals surface area contributed by atoms with E-state index in [-0.39, 0.29) is 27.0 Å². The quantitative estimate of drug-likeness (QED) is 0.573.